The van der Waals surface area contributed by atoms with Crippen molar-refractivity contribution in [3.05, 3.63) is 60.6 Å². The largest absolute Gasteiger partial charge is 0.366 e. The Balaban J connectivity index is 1.86. The van der Waals surface area contributed by atoms with E-state index in [2.05, 4.69) is 44.4 Å². The monoisotopic (exact) mass is 334 g/mol. The summed E-state index contributed by atoms with van der Waals surface area (Å²) in [4.78, 5) is 17.7. The van der Waals surface area contributed by atoms with E-state index >= 15 is 0 Å². The lowest BCUT2D eigenvalue weighted by Gasteiger charge is -2.14. The molecule has 128 valence electrons. The summed E-state index contributed by atoms with van der Waals surface area (Å²) in [5, 5.41) is 6.68. The van der Waals surface area contributed by atoms with Crippen LogP contribution in [0, 0.1) is 0 Å². The summed E-state index contributed by atoms with van der Waals surface area (Å²) in [7, 11) is 0. The highest BCUT2D eigenvalue weighted by Gasteiger charge is 2.09. The number of anilines is 2. The van der Waals surface area contributed by atoms with Crippen LogP contribution in [-0.2, 0) is 6.54 Å². The second-order valence-electron chi connectivity index (χ2n) is 5.85. The Hall–Kier alpha value is -3.02. The smallest absolute Gasteiger partial charge is 0.225 e. The lowest BCUT2D eigenvalue weighted by atomic mass is 10.2. The molecule has 25 heavy (non-hydrogen) atoms. The van der Waals surface area contributed by atoms with Gasteiger partial charge in [-0.1, -0.05) is 19.1 Å². The molecule has 6 heteroatoms. The first-order valence-corrected chi connectivity index (χ1v) is 8.44. The van der Waals surface area contributed by atoms with E-state index < -0.39 is 0 Å². The Bertz CT molecular complexity index is 792. The van der Waals surface area contributed by atoms with Gasteiger partial charge in [0.05, 0.1) is 11.4 Å². The van der Waals surface area contributed by atoms with Crippen LogP contribution in [0.15, 0.2) is 55.0 Å². The Labute approximate surface area is 147 Å². The van der Waals surface area contributed by atoms with Crippen molar-refractivity contribution in [2.75, 3.05) is 10.6 Å². The quantitative estimate of drug-likeness (QED) is 0.685. The molecule has 1 atom stereocenters. The number of nitrogens with one attached hydrogen (secondary N) is 2. The fourth-order valence-corrected chi connectivity index (χ4v) is 2.27. The number of pyridine rings is 2. The van der Waals surface area contributed by atoms with Crippen LogP contribution in [0.2, 0.25) is 0 Å². The molecule has 0 saturated heterocycles. The van der Waals surface area contributed by atoms with Crippen LogP contribution in [0.4, 0.5) is 11.8 Å². The molecule has 0 aliphatic rings. The van der Waals surface area contributed by atoms with E-state index in [0.717, 1.165) is 29.2 Å². The number of aromatic nitrogens is 4. The molecule has 0 aromatic carbocycles. The van der Waals surface area contributed by atoms with Gasteiger partial charge in [0.2, 0.25) is 5.95 Å². The first-order valence-electron chi connectivity index (χ1n) is 8.44. The third-order valence-corrected chi connectivity index (χ3v) is 3.84. The van der Waals surface area contributed by atoms with Gasteiger partial charge < -0.3 is 10.6 Å². The third kappa shape index (κ3) is 4.73. The fraction of sp³-hybridized carbons (Fsp3) is 0.263. The zero-order valence-corrected chi connectivity index (χ0v) is 14.5. The number of hydrogen-bond acceptors (Lipinski definition) is 6. The maximum Gasteiger partial charge on any atom is 0.225 e. The first-order chi connectivity index (χ1) is 12.2. The molecule has 0 spiro atoms. The second kappa shape index (κ2) is 8.19. The zero-order valence-electron chi connectivity index (χ0n) is 14.5. The Morgan fingerprint density at radius 3 is 2.68 bits per heavy atom. The summed E-state index contributed by atoms with van der Waals surface area (Å²) in [6.07, 6.45) is 6.37. The minimum Gasteiger partial charge on any atom is -0.366 e. The van der Waals surface area contributed by atoms with Gasteiger partial charge in [-0.2, -0.15) is 4.98 Å². The van der Waals surface area contributed by atoms with Crippen LogP contribution in [0.25, 0.3) is 11.4 Å². The summed E-state index contributed by atoms with van der Waals surface area (Å²) in [6.45, 7) is 4.89. The Morgan fingerprint density at radius 1 is 1.04 bits per heavy atom. The van der Waals surface area contributed by atoms with Gasteiger partial charge in [0.15, 0.2) is 0 Å². The van der Waals surface area contributed by atoms with Gasteiger partial charge in [0.1, 0.15) is 5.82 Å². The van der Waals surface area contributed by atoms with Crippen LogP contribution in [0.1, 0.15) is 25.8 Å². The maximum absolute atomic E-state index is 4.61. The minimum absolute atomic E-state index is 0.296. The van der Waals surface area contributed by atoms with Crippen LogP contribution < -0.4 is 10.6 Å². The standard InChI is InChI=1S/C19H22N6/c1-3-14(2)23-19-24-17(16-8-4-5-10-21-16)11-18(25-19)22-13-15-7-6-9-20-12-15/h4-12,14H,3,13H2,1-2H3,(H2,22,23,24,25)/t14-/m1/s1. The van der Waals surface area contributed by atoms with Gasteiger partial charge in [-0.25, -0.2) is 4.98 Å². The summed E-state index contributed by atoms with van der Waals surface area (Å²) in [5.41, 5.74) is 2.70. The number of nitrogens with zero attached hydrogens (tertiary/aromatic N) is 4. The molecule has 0 aliphatic carbocycles. The summed E-state index contributed by atoms with van der Waals surface area (Å²) >= 11 is 0. The molecule has 0 fully saturated rings. The molecule has 3 aromatic heterocycles. The average Bonchev–Trinajstić information content (AvgIpc) is 2.67. The predicted octanol–water partition coefficient (Wildman–Crippen LogP) is 3.76. The summed E-state index contributed by atoms with van der Waals surface area (Å²) < 4.78 is 0. The molecule has 6 nitrogen and oxygen atoms in total. The second-order valence-corrected chi connectivity index (χ2v) is 5.85. The molecule has 0 saturated carbocycles. The Morgan fingerprint density at radius 2 is 1.96 bits per heavy atom. The molecule has 0 aliphatic heterocycles. The molecule has 0 bridgehead atoms. The highest BCUT2D eigenvalue weighted by atomic mass is 15.2. The van der Waals surface area contributed by atoms with Gasteiger partial charge in [-0.05, 0) is 37.1 Å². The van der Waals surface area contributed by atoms with E-state index in [1.807, 2.05) is 42.6 Å². The number of hydrogen-bond donors (Lipinski definition) is 2. The molecular weight excluding hydrogens is 312 g/mol. The van der Waals surface area contributed by atoms with E-state index in [-0.39, 0.29) is 0 Å². The van der Waals surface area contributed by atoms with E-state index in [4.69, 9.17) is 0 Å². The third-order valence-electron chi connectivity index (χ3n) is 3.84. The lowest BCUT2D eigenvalue weighted by molar-refractivity contribution is 0.753. The molecule has 0 unspecified atom stereocenters. The van der Waals surface area contributed by atoms with E-state index in [9.17, 15) is 0 Å². The van der Waals surface area contributed by atoms with Crippen molar-refractivity contribution in [3.63, 3.8) is 0 Å². The zero-order chi connectivity index (χ0) is 17.5. The van der Waals surface area contributed by atoms with Crippen molar-refractivity contribution in [1.29, 1.82) is 0 Å². The molecule has 0 radical (unpaired) electrons. The fourth-order valence-electron chi connectivity index (χ4n) is 2.27. The van der Waals surface area contributed by atoms with Crippen molar-refractivity contribution in [3.8, 4) is 11.4 Å². The summed E-state index contributed by atoms with van der Waals surface area (Å²) in [5.74, 6) is 1.36. The van der Waals surface area contributed by atoms with Crippen LogP contribution >= 0.6 is 0 Å². The van der Waals surface area contributed by atoms with Crippen LogP contribution in [0.3, 0.4) is 0 Å². The molecular formula is C19H22N6. The average molecular weight is 334 g/mol. The predicted molar refractivity (Wildman–Crippen MR) is 100 cm³/mol. The SMILES string of the molecule is CC[C@@H](C)Nc1nc(NCc2cccnc2)cc(-c2ccccn2)n1. The Kier molecular flexibility index (Phi) is 5.51. The van der Waals surface area contributed by atoms with Crippen LogP contribution in [0.5, 0.6) is 0 Å². The van der Waals surface area contributed by atoms with Crippen LogP contribution in [-0.4, -0.2) is 26.0 Å². The van der Waals surface area contributed by atoms with Gasteiger partial charge in [0.25, 0.3) is 0 Å². The normalized spacial score (nSPS) is 11.8. The first kappa shape index (κ1) is 16.8. The molecule has 3 aromatic rings. The van der Waals surface area contributed by atoms with E-state index in [1.165, 1.54) is 0 Å². The van der Waals surface area contributed by atoms with Gasteiger partial charge in [-0.3, -0.25) is 9.97 Å². The topological polar surface area (TPSA) is 75.6 Å². The van der Waals surface area contributed by atoms with Gasteiger partial charge >= 0.3 is 0 Å². The van der Waals surface area contributed by atoms with Crippen molar-refractivity contribution < 1.29 is 0 Å². The van der Waals surface area contributed by atoms with E-state index in [1.54, 1.807) is 12.4 Å². The summed E-state index contributed by atoms with van der Waals surface area (Å²) in [6, 6.07) is 12.0. The van der Waals surface area contributed by atoms with Gasteiger partial charge in [-0.15, -0.1) is 0 Å². The minimum atomic E-state index is 0.296. The molecule has 3 heterocycles. The van der Waals surface area contributed by atoms with Crippen molar-refractivity contribution >= 4 is 11.8 Å². The molecule has 2 N–H and O–H groups in total. The highest BCUT2D eigenvalue weighted by Crippen LogP contribution is 2.20. The van der Waals surface area contributed by atoms with Crippen molar-refractivity contribution in [2.24, 2.45) is 0 Å². The van der Waals surface area contributed by atoms with Crippen molar-refractivity contribution in [1.82, 2.24) is 19.9 Å². The van der Waals surface area contributed by atoms with Gasteiger partial charge in [0, 0.05) is 37.2 Å². The lowest BCUT2D eigenvalue weighted by Crippen LogP contribution is -2.16. The number of rotatable bonds is 7. The highest BCUT2D eigenvalue weighted by molar-refractivity contribution is 5.61. The maximum atomic E-state index is 4.61. The molecule has 0 amide bonds. The van der Waals surface area contributed by atoms with Crippen molar-refractivity contribution in [2.45, 2.75) is 32.9 Å². The molecule has 3 rings (SSSR count). The van der Waals surface area contributed by atoms with E-state index in [0.29, 0.717) is 18.5 Å².